The van der Waals surface area contributed by atoms with Crippen LogP contribution in [0.1, 0.15) is 25.7 Å². The third-order valence-electron chi connectivity index (χ3n) is 2.84. The third-order valence-corrected chi connectivity index (χ3v) is 2.84. The highest BCUT2D eigenvalue weighted by atomic mass is 19.4. The van der Waals surface area contributed by atoms with Crippen molar-refractivity contribution < 1.29 is 23.0 Å². The van der Waals surface area contributed by atoms with Crippen molar-refractivity contribution in [3.05, 3.63) is 0 Å². The van der Waals surface area contributed by atoms with Crippen molar-refractivity contribution in [2.45, 2.75) is 38.0 Å². The first-order chi connectivity index (χ1) is 8.01. The Morgan fingerprint density at radius 1 is 1.29 bits per heavy atom. The fourth-order valence-corrected chi connectivity index (χ4v) is 2.08. The summed E-state index contributed by atoms with van der Waals surface area (Å²) in [5, 5.41) is 8.71. The lowest BCUT2D eigenvalue weighted by Gasteiger charge is -2.23. The molecule has 1 aliphatic rings. The lowest BCUT2D eigenvalue weighted by molar-refractivity contribution is -0.147. The highest BCUT2D eigenvalue weighted by Crippen LogP contribution is 2.19. The topological polar surface area (TPSA) is 32.7 Å². The maximum atomic E-state index is 12.2. The Hall–Kier alpha value is -0.330. The molecule has 6 heteroatoms. The van der Waals surface area contributed by atoms with Gasteiger partial charge in [0.25, 0.3) is 0 Å². The molecular weight excluding hydrogens is 235 g/mol. The Bertz CT molecular complexity index is 205. The molecule has 0 aromatic heterocycles. The van der Waals surface area contributed by atoms with E-state index in [2.05, 4.69) is 0 Å². The van der Waals surface area contributed by atoms with Crippen molar-refractivity contribution in [2.24, 2.45) is 0 Å². The van der Waals surface area contributed by atoms with Gasteiger partial charge in [0.2, 0.25) is 0 Å². The fraction of sp³-hybridized carbons (Fsp3) is 1.00. The average Bonchev–Trinajstić information content (AvgIpc) is 2.68. The molecule has 1 aliphatic heterocycles. The Morgan fingerprint density at radius 3 is 2.59 bits per heavy atom. The first kappa shape index (κ1) is 14.7. The molecule has 1 heterocycles. The predicted molar refractivity (Wildman–Crippen MR) is 57.8 cm³/mol. The zero-order chi connectivity index (χ0) is 12.7. The van der Waals surface area contributed by atoms with Crippen LogP contribution >= 0.6 is 0 Å². The maximum Gasteiger partial charge on any atom is 0.401 e. The van der Waals surface area contributed by atoms with E-state index in [1.54, 1.807) is 0 Å². The summed E-state index contributed by atoms with van der Waals surface area (Å²) < 4.78 is 42.0. The van der Waals surface area contributed by atoms with Gasteiger partial charge in [-0.3, -0.25) is 4.90 Å². The molecule has 1 rings (SSSR count). The van der Waals surface area contributed by atoms with Crippen molar-refractivity contribution in [3.8, 4) is 0 Å². The van der Waals surface area contributed by atoms with Crippen LogP contribution in [0.25, 0.3) is 0 Å². The van der Waals surface area contributed by atoms with Gasteiger partial charge in [0, 0.05) is 13.2 Å². The number of ether oxygens (including phenoxy) is 1. The van der Waals surface area contributed by atoms with E-state index in [9.17, 15) is 13.2 Å². The van der Waals surface area contributed by atoms with Crippen LogP contribution in [0.15, 0.2) is 0 Å². The van der Waals surface area contributed by atoms with Crippen molar-refractivity contribution >= 4 is 0 Å². The maximum absolute atomic E-state index is 12.2. The van der Waals surface area contributed by atoms with Crippen LogP contribution < -0.4 is 0 Å². The average molecular weight is 255 g/mol. The summed E-state index contributed by atoms with van der Waals surface area (Å²) in [4.78, 5) is 1.24. The van der Waals surface area contributed by atoms with Crippen LogP contribution in [0.4, 0.5) is 13.2 Å². The number of halogens is 3. The van der Waals surface area contributed by atoms with Gasteiger partial charge in [-0.1, -0.05) is 0 Å². The summed E-state index contributed by atoms with van der Waals surface area (Å²) in [5.74, 6) is 0. The second kappa shape index (κ2) is 7.18. The van der Waals surface area contributed by atoms with Gasteiger partial charge in [0.05, 0.1) is 19.3 Å². The lowest BCUT2D eigenvalue weighted by Crippen LogP contribution is -2.37. The second-order valence-corrected chi connectivity index (χ2v) is 4.39. The second-order valence-electron chi connectivity index (χ2n) is 4.39. The van der Waals surface area contributed by atoms with Crippen LogP contribution in [0, 0.1) is 0 Å². The van der Waals surface area contributed by atoms with Crippen LogP contribution in [-0.4, -0.2) is 55.1 Å². The monoisotopic (exact) mass is 255 g/mol. The molecule has 0 amide bonds. The molecule has 0 radical (unpaired) electrons. The van der Waals surface area contributed by atoms with Gasteiger partial charge in [-0.25, -0.2) is 0 Å². The molecule has 1 fully saturated rings. The largest absolute Gasteiger partial charge is 0.401 e. The summed E-state index contributed by atoms with van der Waals surface area (Å²) in [6.07, 6.45) is -0.427. The molecule has 102 valence electrons. The first-order valence-electron chi connectivity index (χ1n) is 6.03. The van der Waals surface area contributed by atoms with Gasteiger partial charge in [-0.15, -0.1) is 0 Å². The molecule has 0 saturated carbocycles. The van der Waals surface area contributed by atoms with Gasteiger partial charge < -0.3 is 9.84 Å². The Morgan fingerprint density at radius 2 is 2.06 bits per heavy atom. The number of aliphatic hydroxyl groups excluding tert-OH is 1. The van der Waals surface area contributed by atoms with Gasteiger partial charge in [-0.2, -0.15) is 13.2 Å². The van der Waals surface area contributed by atoms with Crippen LogP contribution in [-0.2, 0) is 4.74 Å². The molecule has 0 aromatic carbocycles. The highest BCUT2D eigenvalue weighted by molar-refractivity contribution is 4.68. The van der Waals surface area contributed by atoms with Gasteiger partial charge in [0.1, 0.15) is 0 Å². The van der Waals surface area contributed by atoms with Crippen LogP contribution in [0.5, 0.6) is 0 Å². The minimum absolute atomic E-state index is 0.0744. The van der Waals surface area contributed by atoms with Crippen molar-refractivity contribution in [1.82, 2.24) is 4.90 Å². The molecule has 1 saturated heterocycles. The van der Waals surface area contributed by atoms with Gasteiger partial charge in [0.15, 0.2) is 0 Å². The molecule has 1 unspecified atom stereocenters. The first-order valence-corrected chi connectivity index (χ1v) is 6.03. The number of alkyl halides is 3. The van der Waals surface area contributed by atoms with E-state index >= 15 is 0 Å². The number of nitrogens with zero attached hydrogens (tertiary/aromatic N) is 1. The van der Waals surface area contributed by atoms with E-state index in [1.165, 1.54) is 4.90 Å². The Balaban J connectivity index is 2.18. The van der Waals surface area contributed by atoms with E-state index in [-0.39, 0.29) is 19.3 Å². The summed E-state index contributed by atoms with van der Waals surface area (Å²) in [5.41, 5.74) is 0. The summed E-state index contributed by atoms with van der Waals surface area (Å²) >= 11 is 0. The molecule has 3 nitrogen and oxygen atoms in total. The molecular formula is C11H20F3NO2. The minimum Gasteiger partial charge on any atom is -0.395 e. The van der Waals surface area contributed by atoms with Crippen molar-refractivity contribution in [2.75, 3.05) is 32.8 Å². The van der Waals surface area contributed by atoms with Crippen LogP contribution in [0.3, 0.4) is 0 Å². The number of aliphatic hydroxyl groups is 1. The standard InChI is InChI=1S/C11H20F3NO2/c12-11(13,14)9-15(6-7-16)5-1-3-10-4-2-8-17-10/h10,16H,1-9H2. The molecule has 17 heavy (non-hydrogen) atoms. The Labute approximate surface area is 99.5 Å². The third kappa shape index (κ3) is 6.85. The highest BCUT2D eigenvalue weighted by Gasteiger charge is 2.30. The Kier molecular flexibility index (Phi) is 6.22. The molecule has 0 bridgehead atoms. The summed E-state index contributed by atoms with van der Waals surface area (Å²) in [7, 11) is 0. The zero-order valence-electron chi connectivity index (χ0n) is 9.88. The van der Waals surface area contributed by atoms with E-state index in [4.69, 9.17) is 9.84 Å². The van der Waals surface area contributed by atoms with E-state index in [0.29, 0.717) is 13.0 Å². The minimum atomic E-state index is -4.20. The number of hydrogen-bond acceptors (Lipinski definition) is 3. The number of rotatable bonds is 7. The fourth-order valence-electron chi connectivity index (χ4n) is 2.08. The van der Waals surface area contributed by atoms with Crippen molar-refractivity contribution in [1.29, 1.82) is 0 Å². The molecule has 0 aliphatic carbocycles. The molecule has 0 spiro atoms. The van der Waals surface area contributed by atoms with E-state index in [0.717, 1.165) is 25.9 Å². The normalized spacial score (nSPS) is 21.4. The molecule has 1 atom stereocenters. The summed E-state index contributed by atoms with van der Waals surface area (Å²) in [6, 6.07) is 0. The lowest BCUT2D eigenvalue weighted by atomic mass is 10.1. The van der Waals surface area contributed by atoms with Gasteiger partial charge >= 0.3 is 6.18 Å². The summed E-state index contributed by atoms with van der Waals surface area (Å²) in [6.45, 7) is 0.0215. The SMILES string of the molecule is OCCN(CCCC1CCCO1)CC(F)(F)F. The predicted octanol–water partition coefficient (Wildman–Crippen LogP) is 1.80. The van der Waals surface area contributed by atoms with Crippen molar-refractivity contribution in [3.63, 3.8) is 0 Å². The zero-order valence-corrected chi connectivity index (χ0v) is 9.88. The number of hydrogen-bond donors (Lipinski definition) is 1. The van der Waals surface area contributed by atoms with Crippen LogP contribution in [0.2, 0.25) is 0 Å². The quantitative estimate of drug-likeness (QED) is 0.753. The molecule has 1 N–H and O–H groups in total. The molecule has 0 aromatic rings. The van der Waals surface area contributed by atoms with E-state index < -0.39 is 12.7 Å². The van der Waals surface area contributed by atoms with E-state index in [1.807, 2.05) is 0 Å². The van der Waals surface area contributed by atoms with Gasteiger partial charge in [-0.05, 0) is 32.2 Å². The smallest absolute Gasteiger partial charge is 0.395 e.